The van der Waals surface area contributed by atoms with Crippen molar-refractivity contribution in [3.05, 3.63) is 29.8 Å². The second-order valence-electron chi connectivity index (χ2n) is 5.80. The molecule has 0 aliphatic heterocycles. The SMILES string of the molecule is CC(C)NS(=O)(=O)c1ccc(C(=O)NC(C)(C)CO)cc1. The molecular formula is C14H22N2O4S. The highest BCUT2D eigenvalue weighted by Crippen LogP contribution is 2.12. The van der Waals surface area contributed by atoms with Gasteiger partial charge < -0.3 is 10.4 Å². The lowest BCUT2D eigenvalue weighted by Gasteiger charge is -2.23. The molecule has 1 rings (SSSR count). The van der Waals surface area contributed by atoms with Gasteiger partial charge in [-0.05, 0) is 52.0 Å². The van der Waals surface area contributed by atoms with Crippen LogP contribution in [0.25, 0.3) is 0 Å². The highest BCUT2D eigenvalue weighted by molar-refractivity contribution is 7.89. The number of amides is 1. The Kier molecular flexibility index (Phi) is 5.49. The van der Waals surface area contributed by atoms with E-state index in [1.165, 1.54) is 24.3 Å². The molecule has 3 N–H and O–H groups in total. The zero-order chi connectivity index (χ0) is 16.3. The summed E-state index contributed by atoms with van der Waals surface area (Å²) in [5.41, 5.74) is -0.402. The molecule has 0 bridgehead atoms. The number of hydrogen-bond donors (Lipinski definition) is 3. The topological polar surface area (TPSA) is 95.5 Å². The van der Waals surface area contributed by atoms with Crippen molar-refractivity contribution < 1.29 is 18.3 Å². The third-order valence-corrected chi connectivity index (χ3v) is 4.34. The van der Waals surface area contributed by atoms with Gasteiger partial charge >= 0.3 is 0 Å². The van der Waals surface area contributed by atoms with E-state index in [0.717, 1.165) is 0 Å². The largest absolute Gasteiger partial charge is 0.394 e. The van der Waals surface area contributed by atoms with E-state index < -0.39 is 15.6 Å². The van der Waals surface area contributed by atoms with Gasteiger partial charge in [-0.15, -0.1) is 0 Å². The van der Waals surface area contributed by atoms with Crippen LogP contribution in [0.2, 0.25) is 0 Å². The minimum Gasteiger partial charge on any atom is -0.394 e. The Morgan fingerprint density at radius 1 is 1.24 bits per heavy atom. The molecule has 0 fully saturated rings. The summed E-state index contributed by atoms with van der Waals surface area (Å²) < 4.78 is 26.4. The van der Waals surface area contributed by atoms with Gasteiger partial charge in [-0.1, -0.05) is 0 Å². The summed E-state index contributed by atoms with van der Waals surface area (Å²) in [4.78, 5) is 12.1. The molecule has 0 aliphatic rings. The maximum atomic E-state index is 12.0. The van der Waals surface area contributed by atoms with E-state index in [9.17, 15) is 13.2 Å². The lowest BCUT2D eigenvalue weighted by atomic mass is 10.1. The fraction of sp³-hybridized carbons (Fsp3) is 0.500. The molecule has 0 saturated carbocycles. The minimum absolute atomic E-state index is 0.106. The number of benzene rings is 1. The second kappa shape index (κ2) is 6.55. The number of aliphatic hydroxyl groups is 1. The summed E-state index contributed by atoms with van der Waals surface area (Å²) in [5.74, 6) is -0.366. The molecule has 6 nitrogen and oxygen atoms in total. The van der Waals surface area contributed by atoms with Crippen molar-refractivity contribution >= 4 is 15.9 Å². The van der Waals surface area contributed by atoms with Crippen molar-refractivity contribution in [3.63, 3.8) is 0 Å². The summed E-state index contributed by atoms with van der Waals surface area (Å²) >= 11 is 0. The Labute approximate surface area is 125 Å². The summed E-state index contributed by atoms with van der Waals surface area (Å²) in [5, 5.41) is 11.8. The van der Waals surface area contributed by atoms with Gasteiger partial charge in [0.1, 0.15) is 0 Å². The fourth-order valence-corrected chi connectivity index (χ4v) is 2.83. The number of carbonyl (C=O) groups excluding carboxylic acids is 1. The summed E-state index contributed by atoms with van der Waals surface area (Å²) in [6.45, 7) is 6.66. The summed E-state index contributed by atoms with van der Waals surface area (Å²) in [6.07, 6.45) is 0. The molecule has 118 valence electrons. The summed E-state index contributed by atoms with van der Waals surface area (Å²) in [6, 6.07) is 5.44. The van der Waals surface area contributed by atoms with Crippen LogP contribution in [-0.4, -0.2) is 37.6 Å². The van der Waals surface area contributed by atoms with Crippen LogP contribution in [0.15, 0.2) is 29.2 Å². The number of carbonyl (C=O) groups is 1. The molecule has 0 aromatic heterocycles. The first-order chi connectivity index (χ1) is 9.57. The molecule has 0 saturated heterocycles. The van der Waals surface area contributed by atoms with Crippen LogP contribution in [0, 0.1) is 0 Å². The van der Waals surface area contributed by atoms with E-state index in [2.05, 4.69) is 10.0 Å². The zero-order valence-corrected chi connectivity index (χ0v) is 13.5. The zero-order valence-electron chi connectivity index (χ0n) is 12.7. The third kappa shape index (κ3) is 5.11. The Balaban J connectivity index is 2.91. The number of nitrogens with one attached hydrogen (secondary N) is 2. The van der Waals surface area contributed by atoms with Gasteiger partial charge in [-0.2, -0.15) is 0 Å². The van der Waals surface area contributed by atoms with Crippen LogP contribution < -0.4 is 10.0 Å². The van der Waals surface area contributed by atoms with Gasteiger partial charge in [0.2, 0.25) is 10.0 Å². The third-order valence-electron chi connectivity index (χ3n) is 2.66. The number of hydrogen-bond acceptors (Lipinski definition) is 4. The minimum atomic E-state index is -3.56. The first-order valence-corrected chi connectivity index (χ1v) is 8.11. The molecule has 0 spiro atoms. The molecule has 0 heterocycles. The van der Waals surface area contributed by atoms with Crippen LogP contribution in [0.3, 0.4) is 0 Å². The Morgan fingerprint density at radius 3 is 2.19 bits per heavy atom. The first-order valence-electron chi connectivity index (χ1n) is 6.63. The van der Waals surface area contributed by atoms with Crippen LogP contribution in [0.4, 0.5) is 0 Å². The fourth-order valence-electron chi connectivity index (χ4n) is 1.58. The first kappa shape index (κ1) is 17.6. The molecule has 0 atom stereocenters. The smallest absolute Gasteiger partial charge is 0.251 e. The van der Waals surface area contributed by atoms with Crippen molar-refractivity contribution in [1.29, 1.82) is 0 Å². The molecule has 0 aliphatic carbocycles. The molecule has 21 heavy (non-hydrogen) atoms. The van der Waals surface area contributed by atoms with Gasteiger partial charge in [0.05, 0.1) is 17.0 Å². The number of aliphatic hydroxyl groups excluding tert-OH is 1. The van der Waals surface area contributed by atoms with Crippen molar-refractivity contribution in [3.8, 4) is 0 Å². The predicted molar refractivity (Wildman–Crippen MR) is 80.5 cm³/mol. The standard InChI is InChI=1S/C14H22N2O4S/c1-10(2)16-21(19,20)12-7-5-11(6-8-12)13(18)15-14(3,4)9-17/h5-8,10,16-17H,9H2,1-4H3,(H,15,18). The maximum absolute atomic E-state index is 12.0. The van der Waals surface area contributed by atoms with Crippen molar-refractivity contribution in [2.24, 2.45) is 0 Å². The maximum Gasteiger partial charge on any atom is 0.251 e. The molecule has 0 unspecified atom stereocenters. The van der Waals surface area contributed by atoms with Crippen LogP contribution >= 0.6 is 0 Å². The van der Waals surface area contributed by atoms with Gasteiger partial charge in [0.15, 0.2) is 0 Å². The van der Waals surface area contributed by atoms with E-state index in [-0.39, 0.29) is 23.5 Å². The molecule has 1 aromatic rings. The number of rotatable bonds is 6. The molecule has 7 heteroatoms. The lowest BCUT2D eigenvalue weighted by Crippen LogP contribution is -2.46. The van der Waals surface area contributed by atoms with E-state index in [4.69, 9.17) is 5.11 Å². The van der Waals surface area contributed by atoms with E-state index in [1.54, 1.807) is 27.7 Å². The highest BCUT2D eigenvalue weighted by Gasteiger charge is 2.21. The van der Waals surface area contributed by atoms with Crippen LogP contribution in [0.1, 0.15) is 38.1 Å². The summed E-state index contributed by atoms with van der Waals surface area (Å²) in [7, 11) is -3.56. The number of sulfonamides is 1. The molecule has 0 radical (unpaired) electrons. The molecule has 1 amide bonds. The quantitative estimate of drug-likeness (QED) is 0.726. The van der Waals surface area contributed by atoms with Gasteiger partial charge in [0, 0.05) is 11.6 Å². The van der Waals surface area contributed by atoms with Crippen molar-refractivity contribution in [2.75, 3.05) is 6.61 Å². The van der Waals surface area contributed by atoms with E-state index in [1.807, 2.05) is 0 Å². The van der Waals surface area contributed by atoms with E-state index >= 15 is 0 Å². The Morgan fingerprint density at radius 2 is 1.76 bits per heavy atom. The van der Waals surface area contributed by atoms with Crippen molar-refractivity contribution in [2.45, 2.75) is 44.2 Å². The van der Waals surface area contributed by atoms with Crippen LogP contribution in [-0.2, 0) is 10.0 Å². The second-order valence-corrected chi connectivity index (χ2v) is 7.51. The van der Waals surface area contributed by atoms with Crippen molar-refractivity contribution in [1.82, 2.24) is 10.0 Å². The van der Waals surface area contributed by atoms with Gasteiger partial charge in [-0.25, -0.2) is 13.1 Å². The van der Waals surface area contributed by atoms with Gasteiger partial charge in [-0.3, -0.25) is 4.79 Å². The van der Waals surface area contributed by atoms with Gasteiger partial charge in [0.25, 0.3) is 5.91 Å². The predicted octanol–water partition coefficient (Wildman–Crippen LogP) is 0.874. The average molecular weight is 314 g/mol. The van der Waals surface area contributed by atoms with Crippen LogP contribution in [0.5, 0.6) is 0 Å². The lowest BCUT2D eigenvalue weighted by molar-refractivity contribution is 0.0869. The normalized spacial score (nSPS) is 12.5. The average Bonchev–Trinajstić information content (AvgIpc) is 2.37. The monoisotopic (exact) mass is 314 g/mol. The Hall–Kier alpha value is -1.44. The highest BCUT2D eigenvalue weighted by atomic mass is 32.2. The molecule has 1 aromatic carbocycles. The van der Waals surface area contributed by atoms with E-state index in [0.29, 0.717) is 5.56 Å². The Bertz CT molecular complexity index is 592. The molecular weight excluding hydrogens is 292 g/mol.